The summed E-state index contributed by atoms with van der Waals surface area (Å²) in [5, 5.41) is 0.238. The lowest BCUT2D eigenvalue weighted by Crippen LogP contribution is -2.08. The number of rotatable bonds is 3. The van der Waals surface area contributed by atoms with Crippen molar-refractivity contribution >= 4 is 33.0 Å². The van der Waals surface area contributed by atoms with Crippen molar-refractivity contribution in [3.05, 3.63) is 52.5 Å². The van der Waals surface area contributed by atoms with Gasteiger partial charge in [-0.05, 0) is 12.1 Å². The molecule has 1 aromatic carbocycles. The zero-order valence-electron chi connectivity index (χ0n) is 9.05. The van der Waals surface area contributed by atoms with E-state index in [9.17, 15) is 8.42 Å². The highest BCUT2D eigenvalue weighted by molar-refractivity contribution is 7.90. The Morgan fingerprint density at radius 2 is 1.56 bits per heavy atom. The van der Waals surface area contributed by atoms with E-state index in [4.69, 9.17) is 23.2 Å². The fraction of sp³-hybridized carbons (Fsp3) is 0.0909. The Morgan fingerprint density at radius 3 is 2.11 bits per heavy atom. The molecular weight excluding hydrogens is 295 g/mol. The molecule has 0 saturated carbocycles. The van der Waals surface area contributed by atoms with Crippen LogP contribution in [0.15, 0.2) is 41.3 Å². The van der Waals surface area contributed by atoms with Crippen LogP contribution in [0.25, 0.3) is 0 Å². The number of aromatic nitrogens is 2. The molecule has 0 atom stereocenters. The van der Waals surface area contributed by atoms with Gasteiger partial charge in [-0.3, -0.25) is 0 Å². The van der Waals surface area contributed by atoms with Crippen LogP contribution in [0, 0.1) is 0 Å². The standard InChI is InChI=1S/C11H8Cl2N2O2S/c12-9-6-10(13)15-11(14-9)7-18(16,17)8-4-2-1-3-5-8/h1-6H,7H2. The van der Waals surface area contributed by atoms with E-state index in [-0.39, 0.29) is 26.8 Å². The molecule has 0 spiro atoms. The van der Waals surface area contributed by atoms with Gasteiger partial charge in [0, 0.05) is 6.07 Å². The summed E-state index contributed by atoms with van der Waals surface area (Å²) in [6.07, 6.45) is 0. The van der Waals surface area contributed by atoms with E-state index in [1.165, 1.54) is 18.2 Å². The van der Waals surface area contributed by atoms with Crippen molar-refractivity contribution in [2.45, 2.75) is 10.6 Å². The van der Waals surface area contributed by atoms with Crippen molar-refractivity contribution in [3.63, 3.8) is 0 Å². The van der Waals surface area contributed by atoms with Crippen LogP contribution in [-0.4, -0.2) is 18.4 Å². The lowest BCUT2D eigenvalue weighted by Gasteiger charge is -2.04. The molecule has 2 aromatic rings. The molecule has 1 heterocycles. The Bertz CT molecular complexity index is 640. The van der Waals surface area contributed by atoms with Gasteiger partial charge < -0.3 is 0 Å². The fourth-order valence-corrected chi connectivity index (χ4v) is 3.05. The summed E-state index contributed by atoms with van der Waals surface area (Å²) in [7, 11) is -3.49. The maximum absolute atomic E-state index is 12.1. The van der Waals surface area contributed by atoms with Crippen LogP contribution in [0.5, 0.6) is 0 Å². The van der Waals surface area contributed by atoms with Gasteiger partial charge in [-0.15, -0.1) is 0 Å². The molecule has 0 N–H and O–H groups in total. The van der Waals surface area contributed by atoms with E-state index in [0.717, 1.165) is 0 Å². The monoisotopic (exact) mass is 302 g/mol. The SMILES string of the molecule is O=S(=O)(Cc1nc(Cl)cc(Cl)n1)c1ccccc1. The van der Waals surface area contributed by atoms with Gasteiger partial charge in [0.15, 0.2) is 9.84 Å². The molecule has 18 heavy (non-hydrogen) atoms. The van der Waals surface area contributed by atoms with Crippen molar-refractivity contribution in [1.82, 2.24) is 9.97 Å². The van der Waals surface area contributed by atoms with E-state index in [0.29, 0.717) is 0 Å². The zero-order valence-corrected chi connectivity index (χ0v) is 11.4. The first-order valence-corrected chi connectivity index (χ1v) is 7.35. The third-order valence-corrected chi connectivity index (χ3v) is 4.15. The number of halogens is 2. The van der Waals surface area contributed by atoms with Crippen LogP contribution in [0.2, 0.25) is 10.3 Å². The molecule has 0 aliphatic carbocycles. The van der Waals surface area contributed by atoms with Gasteiger partial charge in [0.2, 0.25) is 0 Å². The van der Waals surface area contributed by atoms with Gasteiger partial charge in [-0.1, -0.05) is 41.4 Å². The van der Waals surface area contributed by atoms with Gasteiger partial charge in [0.1, 0.15) is 21.9 Å². The second kappa shape index (κ2) is 5.22. The van der Waals surface area contributed by atoms with Gasteiger partial charge in [-0.25, -0.2) is 18.4 Å². The fourth-order valence-electron chi connectivity index (χ4n) is 1.38. The number of hydrogen-bond donors (Lipinski definition) is 0. The Morgan fingerprint density at radius 1 is 1.00 bits per heavy atom. The summed E-state index contributed by atoms with van der Waals surface area (Å²) in [6, 6.07) is 9.42. The van der Waals surface area contributed by atoms with E-state index in [1.54, 1.807) is 18.2 Å². The molecule has 2 rings (SSSR count). The predicted molar refractivity (Wildman–Crippen MR) is 69.4 cm³/mol. The summed E-state index contributed by atoms with van der Waals surface area (Å²) in [6.45, 7) is 0. The largest absolute Gasteiger partial charge is 0.223 e. The molecule has 0 aliphatic rings. The average Bonchev–Trinajstić information content (AvgIpc) is 2.28. The highest BCUT2D eigenvalue weighted by Gasteiger charge is 2.17. The molecule has 0 saturated heterocycles. The average molecular weight is 303 g/mol. The topological polar surface area (TPSA) is 59.9 Å². The molecular formula is C11H8Cl2N2O2S. The number of sulfone groups is 1. The summed E-state index contributed by atoms with van der Waals surface area (Å²) in [5.74, 6) is -0.256. The zero-order chi connectivity index (χ0) is 13.2. The minimum absolute atomic E-state index is 0.0800. The van der Waals surface area contributed by atoms with Crippen LogP contribution in [0.3, 0.4) is 0 Å². The summed E-state index contributed by atoms with van der Waals surface area (Å²) < 4.78 is 24.1. The molecule has 0 fully saturated rings. The predicted octanol–water partition coefficient (Wildman–Crippen LogP) is 2.76. The minimum Gasteiger partial charge on any atom is -0.223 e. The van der Waals surface area contributed by atoms with E-state index in [1.807, 2.05) is 0 Å². The lowest BCUT2D eigenvalue weighted by atomic mass is 10.4. The van der Waals surface area contributed by atoms with Crippen molar-refractivity contribution in [2.24, 2.45) is 0 Å². The van der Waals surface area contributed by atoms with Gasteiger partial charge in [0.05, 0.1) is 4.90 Å². The molecule has 4 nitrogen and oxygen atoms in total. The normalized spacial score (nSPS) is 11.4. The Kier molecular flexibility index (Phi) is 3.85. The van der Waals surface area contributed by atoms with E-state index >= 15 is 0 Å². The molecule has 0 aliphatic heterocycles. The highest BCUT2D eigenvalue weighted by Crippen LogP contribution is 2.17. The molecule has 7 heteroatoms. The Hall–Kier alpha value is -1.17. The summed E-state index contributed by atoms with van der Waals surface area (Å²) in [4.78, 5) is 7.88. The van der Waals surface area contributed by atoms with Crippen LogP contribution in [-0.2, 0) is 15.6 Å². The Balaban J connectivity index is 2.34. The third kappa shape index (κ3) is 3.19. The Labute approximate surface area is 115 Å². The molecule has 0 unspecified atom stereocenters. The second-order valence-electron chi connectivity index (χ2n) is 3.50. The smallest absolute Gasteiger partial charge is 0.185 e. The number of nitrogens with zero attached hydrogens (tertiary/aromatic N) is 2. The summed E-state index contributed by atoms with van der Waals surface area (Å²) >= 11 is 11.4. The van der Waals surface area contributed by atoms with E-state index < -0.39 is 9.84 Å². The number of benzene rings is 1. The molecule has 94 valence electrons. The van der Waals surface area contributed by atoms with Crippen LogP contribution < -0.4 is 0 Å². The third-order valence-electron chi connectivity index (χ3n) is 2.13. The highest BCUT2D eigenvalue weighted by atomic mass is 35.5. The van der Waals surface area contributed by atoms with Crippen LogP contribution in [0.4, 0.5) is 0 Å². The number of hydrogen-bond acceptors (Lipinski definition) is 4. The van der Waals surface area contributed by atoms with Crippen molar-refractivity contribution in [2.75, 3.05) is 0 Å². The second-order valence-corrected chi connectivity index (χ2v) is 6.27. The van der Waals surface area contributed by atoms with Gasteiger partial charge >= 0.3 is 0 Å². The van der Waals surface area contributed by atoms with Gasteiger partial charge in [-0.2, -0.15) is 0 Å². The first-order chi connectivity index (χ1) is 8.47. The first-order valence-electron chi connectivity index (χ1n) is 4.94. The molecule has 0 radical (unpaired) electrons. The van der Waals surface area contributed by atoms with Crippen molar-refractivity contribution < 1.29 is 8.42 Å². The lowest BCUT2D eigenvalue weighted by molar-refractivity contribution is 0.594. The molecule has 1 aromatic heterocycles. The summed E-state index contributed by atoms with van der Waals surface area (Å²) in [5.41, 5.74) is 0. The van der Waals surface area contributed by atoms with Crippen LogP contribution in [0.1, 0.15) is 5.82 Å². The quantitative estimate of drug-likeness (QED) is 0.818. The van der Waals surface area contributed by atoms with Crippen molar-refractivity contribution in [1.29, 1.82) is 0 Å². The van der Waals surface area contributed by atoms with Crippen molar-refractivity contribution in [3.8, 4) is 0 Å². The maximum atomic E-state index is 12.1. The minimum atomic E-state index is -3.49. The molecule has 0 amide bonds. The first kappa shape index (κ1) is 13.3. The van der Waals surface area contributed by atoms with Gasteiger partial charge in [0.25, 0.3) is 0 Å². The van der Waals surface area contributed by atoms with E-state index in [2.05, 4.69) is 9.97 Å². The molecule has 0 bridgehead atoms. The maximum Gasteiger partial charge on any atom is 0.185 e. The van der Waals surface area contributed by atoms with Crippen LogP contribution >= 0.6 is 23.2 Å².